The third-order valence-corrected chi connectivity index (χ3v) is 5.49. The average molecular weight is 403 g/mol. The first kappa shape index (κ1) is 19.8. The molecule has 1 N–H and O–H groups in total. The Morgan fingerprint density at radius 3 is 2.30 bits per heavy atom. The van der Waals surface area contributed by atoms with Gasteiger partial charge in [-0.1, -0.05) is 60.2 Å². The Hall–Kier alpha value is -3.54. The zero-order chi connectivity index (χ0) is 21.4. The van der Waals surface area contributed by atoms with Crippen LogP contribution in [-0.2, 0) is 0 Å². The highest BCUT2D eigenvalue weighted by Gasteiger charge is 2.37. The Kier molecular flexibility index (Phi) is 5.08. The second kappa shape index (κ2) is 7.71. The Labute approximate surface area is 175 Å². The van der Waals surface area contributed by atoms with Crippen LogP contribution >= 0.6 is 0 Å². The number of carbonyl (C=O) groups is 1. The zero-order valence-corrected chi connectivity index (χ0v) is 17.3. The molecule has 30 heavy (non-hydrogen) atoms. The maximum absolute atomic E-state index is 13.1. The first-order chi connectivity index (χ1) is 14.4. The van der Waals surface area contributed by atoms with Gasteiger partial charge in [-0.05, 0) is 31.9 Å². The number of benzene rings is 2. The largest absolute Gasteiger partial charge is 0.502 e. The van der Waals surface area contributed by atoms with Crippen LogP contribution in [0.1, 0.15) is 47.1 Å². The lowest BCUT2D eigenvalue weighted by Gasteiger charge is -2.45. The molecule has 1 aromatic heterocycles. The van der Waals surface area contributed by atoms with Gasteiger partial charge in [0.25, 0.3) is 5.91 Å². The van der Waals surface area contributed by atoms with Crippen molar-refractivity contribution in [2.24, 2.45) is 0 Å². The van der Waals surface area contributed by atoms with Crippen molar-refractivity contribution in [3.05, 3.63) is 99.5 Å². The molecule has 0 fully saturated rings. The Balaban J connectivity index is 1.97. The van der Waals surface area contributed by atoms with Crippen molar-refractivity contribution < 1.29 is 9.90 Å². The minimum atomic E-state index is -0.563. The molecule has 1 amide bonds. The number of nitrogens with zero attached hydrogens (tertiary/aromatic N) is 3. The van der Waals surface area contributed by atoms with E-state index in [0.29, 0.717) is 6.67 Å². The number of rotatable bonds is 4. The Morgan fingerprint density at radius 1 is 0.933 bits per heavy atom. The van der Waals surface area contributed by atoms with Crippen molar-refractivity contribution in [1.82, 2.24) is 9.58 Å². The maximum Gasteiger partial charge on any atom is 0.278 e. The number of aromatic nitrogens is 1. The van der Waals surface area contributed by atoms with E-state index < -0.39 is 11.2 Å². The number of aryl methyl sites for hydroxylation is 1. The molecule has 6 nitrogen and oxygen atoms in total. The van der Waals surface area contributed by atoms with Crippen LogP contribution in [0.5, 0.6) is 5.75 Å². The smallest absolute Gasteiger partial charge is 0.278 e. The van der Waals surface area contributed by atoms with Gasteiger partial charge in [0, 0.05) is 18.3 Å². The van der Waals surface area contributed by atoms with E-state index in [1.165, 1.54) is 6.07 Å². The summed E-state index contributed by atoms with van der Waals surface area (Å²) in [6, 6.07) is 19.2. The molecule has 1 aliphatic heterocycles. The van der Waals surface area contributed by atoms with Gasteiger partial charge in [-0.3, -0.25) is 19.3 Å². The Morgan fingerprint density at radius 2 is 1.63 bits per heavy atom. The van der Waals surface area contributed by atoms with E-state index >= 15 is 0 Å². The van der Waals surface area contributed by atoms with Crippen LogP contribution in [0, 0.1) is 6.92 Å². The number of aromatic hydroxyl groups is 1. The number of hydrogen-bond donors (Lipinski definition) is 1. The number of fused-ring (bicyclic) bond motifs is 1. The van der Waals surface area contributed by atoms with Crippen molar-refractivity contribution in [2.45, 2.75) is 32.9 Å². The highest BCUT2D eigenvalue weighted by atomic mass is 16.3. The normalized spacial score (nSPS) is 14.7. The summed E-state index contributed by atoms with van der Waals surface area (Å²) in [6.45, 7) is 6.21. The number of pyridine rings is 1. The fourth-order valence-electron chi connectivity index (χ4n) is 3.97. The van der Waals surface area contributed by atoms with Crippen LogP contribution in [-0.4, -0.2) is 33.3 Å². The molecule has 1 atom stereocenters. The third kappa shape index (κ3) is 3.34. The first-order valence-corrected chi connectivity index (χ1v) is 10.0. The van der Waals surface area contributed by atoms with Crippen LogP contribution in [0.3, 0.4) is 0 Å². The molecule has 0 saturated carbocycles. The van der Waals surface area contributed by atoms with Crippen LogP contribution in [0.25, 0.3) is 0 Å². The SMILES string of the molecule is Cc1cccc(C(c2ccccc2)N2CN(C(C)C)C(=O)c3c(O)c(=O)ccn32)c1. The molecule has 2 aromatic carbocycles. The van der Waals surface area contributed by atoms with Crippen molar-refractivity contribution >= 4 is 5.91 Å². The van der Waals surface area contributed by atoms with Gasteiger partial charge in [-0.25, -0.2) is 0 Å². The molecule has 0 radical (unpaired) electrons. The van der Waals surface area contributed by atoms with Gasteiger partial charge in [0.1, 0.15) is 6.67 Å². The molecule has 0 spiro atoms. The standard InChI is InChI=1S/C24H25N3O3/c1-16(2)25-15-27(26-13-12-20(28)23(29)22(26)24(25)30)21(18-9-5-4-6-10-18)19-11-7-8-17(3)14-19/h4-14,16,21,29H,15H2,1-3H3. The van der Waals surface area contributed by atoms with Crippen molar-refractivity contribution in [1.29, 1.82) is 0 Å². The van der Waals surface area contributed by atoms with Gasteiger partial charge >= 0.3 is 0 Å². The molecular formula is C24H25N3O3. The number of hydrogen-bond acceptors (Lipinski definition) is 4. The van der Waals surface area contributed by atoms with Crippen molar-refractivity contribution in [3.63, 3.8) is 0 Å². The van der Waals surface area contributed by atoms with E-state index in [1.54, 1.807) is 15.8 Å². The fraction of sp³-hybridized carbons (Fsp3) is 0.250. The van der Waals surface area contributed by atoms with Gasteiger partial charge in [-0.15, -0.1) is 0 Å². The van der Waals surface area contributed by atoms with Gasteiger partial charge < -0.3 is 10.0 Å². The molecule has 0 aliphatic carbocycles. The second-order valence-electron chi connectivity index (χ2n) is 7.90. The van der Waals surface area contributed by atoms with Crippen LogP contribution in [0.2, 0.25) is 0 Å². The summed E-state index contributed by atoms with van der Waals surface area (Å²) in [6.07, 6.45) is 1.57. The van der Waals surface area contributed by atoms with Gasteiger partial charge in [0.05, 0.1) is 6.04 Å². The molecule has 4 rings (SSSR count). The minimum Gasteiger partial charge on any atom is -0.502 e. The van der Waals surface area contributed by atoms with Crippen LogP contribution < -0.4 is 10.4 Å². The zero-order valence-electron chi connectivity index (χ0n) is 17.3. The lowest BCUT2D eigenvalue weighted by atomic mass is 9.96. The quantitative estimate of drug-likeness (QED) is 0.725. The van der Waals surface area contributed by atoms with E-state index in [1.807, 2.05) is 68.2 Å². The average Bonchev–Trinajstić information content (AvgIpc) is 2.73. The summed E-state index contributed by atoms with van der Waals surface area (Å²) in [5.41, 5.74) is 2.67. The molecule has 1 unspecified atom stereocenters. The van der Waals surface area contributed by atoms with Gasteiger partial charge in [-0.2, -0.15) is 0 Å². The highest BCUT2D eigenvalue weighted by Crippen LogP contribution is 2.32. The topological polar surface area (TPSA) is 65.8 Å². The van der Waals surface area contributed by atoms with Gasteiger partial charge in [0.2, 0.25) is 5.43 Å². The molecule has 6 heteroatoms. The molecule has 3 aromatic rings. The highest BCUT2D eigenvalue weighted by molar-refractivity contribution is 5.96. The number of carbonyl (C=O) groups excluding carboxylic acids is 1. The van der Waals surface area contributed by atoms with Gasteiger partial charge in [0.15, 0.2) is 11.4 Å². The summed E-state index contributed by atoms with van der Waals surface area (Å²) < 4.78 is 1.62. The summed E-state index contributed by atoms with van der Waals surface area (Å²) in [5, 5.41) is 12.5. The van der Waals surface area contributed by atoms with E-state index in [0.717, 1.165) is 16.7 Å². The minimum absolute atomic E-state index is 0.00367. The summed E-state index contributed by atoms with van der Waals surface area (Å²) in [4.78, 5) is 26.9. The van der Waals surface area contributed by atoms with Crippen LogP contribution in [0.4, 0.5) is 0 Å². The molecular weight excluding hydrogens is 378 g/mol. The third-order valence-electron chi connectivity index (χ3n) is 5.49. The predicted molar refractivity (Wildman–Crippen MR) is 116 cm³/mol. The van der Waals surface area contributed by atoms with Crippen LogP contribution in [0.15, 0.2) is 71.7 Å². The van der Waals surface area contributed by atoms with E-state index in [4.69, 9.17) is 0 Å². The molecule has 154 valence electrons. The predicted octanol–water partition coefficient (Wildman–Crippen LogP) is 3.41. The Bertz CT molecular complexity index is 1140. The maximum atomic E-state index is 13.1. The first-order valence-electron chi connectivity index (χ1n) is 10.0. The second-order valence-corrected chi connectivity index (χ2v) is 7.90. The summed E-state index contributed by atoms with van der Waals surface area (Å²) >= 11 is 0. The monoisotopic (exact) mass is 403 g/mol. The van der Waals surface area contributed by atoms with E-state index in [-0.39, 0.29) is 23.7 Å². The molecule has 0 saturated heterocycles. The lowest BCUT2D eigenvalue weighted by molar-refractivity contribution is 0.0621. The summed E-state index contributed by atoms with van der Waals surface area (Å²) in [7, 11) is 0. The lowest BCUT2D eigenvalue weighted by Crippen LogP contribution is -2.57. The fourth-order valence-corrected chi connectivity index (χ4v) is 3.97. The summed E-state index contributed by atoms with van der Waals surface area (Å²) in [5.74, 6) is -0.874. The van der Waals surface area contributed by atoms with E-state index in [9.17, 15) is 14.7 Å². The number of amides is 1. The van der Waals surface area contributed by atoms with E-state index in [2.05, 4.69) is 12.1 Å². The van der Waals surface area contributed by atoms with Crippen molar-refractivity contribution in [3.8, 4) is 5.75 Å². The molecule has 0 bridgehead atoms. The van der Waals surface area contributed by atoms with Crippen molar-refractivity contribution in [2.75, 3.05) is 11.7 Å². The molecule has 1 aliphatic rings. The molecule has 2 heterocycles.